The van der Waals surface area contributed by atoms with Gasteiger partial charge in [0.1, 0.15) is 0 Å². The van der Waals surface area contributed by atoms with Crippen molar-refractivity contribution in [2.45, 2.75) is 111 Å². The molecule has 0 fully saturated rings. The van der Waals surface area contributed by atoms with Crippen LogP contribution in [0.1, 0.15) is 111 Å². The summed E-state index contributed by atoms with van der Waals surface area (Å²) in [5.41, 5.74) is 0.645. The van der Waals surface area contributed by atoms with Gasteiger partial charge in [0.05, 0.1) is 6.67 Å². The van der Waals surface area contributed by atoms with E-state index >= 15 is 0 Å². The summed E-state index contributed by atoms with van der Waals surface area (Å²) in [6.07, 6.45) is 18.2. The monoisotopic (exact) mass is 286 g/mol. The lowest BCUT2D eigenvalue weighted by Gasteiger charge is -2.34. The molecule has 0 heterocycles. The van der Waals surface area contributed by atoms with Crippen LogP contribution in [0.2, 0.25) is 0 Å². The Morgan fingerprint density at radius 1 is 0.550 bits per heavy atom. The second kappa shape index (κ2) is 13.9. The lowest BCUT2D eigenvalue weighted by Crippen LogP contribution is -2.20. The van der Waals surface area contributed by atoms with Crippen LogP contribution >= 0.6 is 0 Å². The Morgan fingerprint density at radius 3 is 1.35 bits per heavy atom. The number of unbranched alkanes of at least 4 members (excludes halogenated alkanes) is 6. The van der Waals surface area contributed by atoms with Gasteiger partial charge in [0.2, 0.25) is 0 Å². The molecule has 0 atom stereocenters. The van der Waals surface area contributed by atoms with Crippen molar-refractivity contribution < 1.29 is 4.39 Å². The van der Waals surface area contributed by atoms with Crippen LogP contribution < -0.4 is 0 Å². The topological polar surface area (TPSA) is 0 Å². The Kier molecular flexibility index (Phi) is 13.8. The average Bonchev–Trinajstić information content (AvgIpc) is 2.43. The molecular weight excluding hydrogens is 247 g/mol. The highest BCUT2D eigenvalue weighted by molar-refractivity contribution is 4.78. The molecule has 1 heteroatoms. The predicted molar refractivity (Wildman–Crippen MR) is 90.1 cm³/mol. The van der Waals surface area contributed by atoms with E-state index < -0.39 is 0 Å². The fourth-order valence-electron chi connectivity index (χ4n) is 3.82. The Morgan fingerprint density at radius 2 is 0.950 bits per heavy atom. The van der Waals surface area contributed by atoms with E-state index in [1.54, 1.807) is 0 Å². The highest BCUT2D eigenvalue weighted by Gasteiger charge is 2.26. The van der Waals surface area contributed by atoms with Gasteiger partial charge in [0.15, 0.2) is 0 Å². The zero-order chi connectivity index (χ0) is 15.1. The number of halogens is 1. The summed E-state index contributed by atoms with van der Waals surface area (Å²) in [5, 5.41) is 0. The number of hydrogen-bond donors (Lipinski definition) is 0. The van der Waals surface area contributed by atoms with E-state index in [4.69, 9.17) is 0 Å². The summed E-state index contributed by atoms with van der Waals surface area (Å²) in [6, 6.07) is 0. The normalized spacial score (nSPS) is 12.0. The first-order chi connectivity index (χ1) is 9.74. The van der Waals surface area contributed by atoms with Crippen LogP contribution in [0.25, 0.3) is 0 Å². The maximum absolute atomic E-state index is 12.0. The highest BCUT2D eigenvalue weighted by Crippen LogP contribution is 2.40. The smallest absolute Gasteiger partial charge is 0.0894 e. The molecule has 0 rings (SSSR count). The molecule has 0 spiro atoms. The fraction of sp³-hybridized carbons (Fsp3) is 1.00. The minimum absolute atomic E-state index is 0.131. The molecule has 0 saturated heterocycles. The van der Waals surface area contributed by atoms with E-state index in [0.29, 0.717) is 5.41 Å². The number of hydrogen-bond acceptors (Lipinski definition) is 0. The van der Waals surface area contributed by atoms with Gasteiger partial charge in [-0.1, -0.05) is 78.6 Å². The first kappa shape index (κ1) is 19.9. The van der Waals surface area contributed by atoms with Gasteiger partial charge in [-0.05, 0) is 37.5 Å². The molecule has 0 N–H and O–H groups in total. The van der Waals surface area contributed by atoms with Gasteiger partial charge in [0.25, 0.3) is 0 Å². The molecule has 0 nitrogen and oxygen atoms in total. The maximum Gasteiger partial charge on any atom is 0.0894 e. The van der Waals surface area contributed by atoms with Crippen molar-refractivity contribution >= 4 is 0 Å². The molecule has 0 unspecified atom stereocenters. The van der Waals surface area contributed by atoms with Gasteiger partial charge < -0.3 is 0 Å². The molecule has 0 aliphatic carbocycles. The fourth-order valence-corrected chi connectivity index (χ4v) is 3.82. The molecule has 122 valence electrons. The summed E-state index contributed by atoms with van der Waals surface area (Å²) in [5.74, 6) is 0. The van der Waals surface area contributed by atoms with Crippen LogP contribution in [0.15, 0.2) is 0 Å². The molecule has 0 radical (unpaired) electrons. The summed E-state index contributed by atoms with van der Waals surface area (Å²) >= 11 is 0. The summed E-state index contributed by atoms with van der Waals surface area (Å²) in [7, 11) is 0. The van der Waals surface area contributed by atoms with Crippen molar-refractivity contribution in [2.24, 2.45) is 5.41 Å². The van der Waals surface area contributed by atoms with Crippen molar-refractivity contribution in [1.82, 2.24) is 0 Å². The summed E-state index contributed by atoms with van der Waals surface area (Å²) in [6.45, 7) is 6.88. The third kappa shape index (κ3) is 9.77. The van der Waals surface area contributed by atoms with Gasteiger partial charge >= 0.3 is 0 Å². The maximum atomic E-state index is 12.0. The largest absolute Gasteiger partial charge is 0.251 e. The second-order valence-electron chi connectivity index (χ2n) is 6.66. The van der Waals surface area contributed by atoms with Crippen LogP contribution in [-0.2, 0) is 0 Å². The SMILES string of the molecule is CCCC(CCC)(CCC)CCCCCCCCCF. The van der Waals surface area contributed by atoms with E-state index in [-0.39, 0.29) is 6.67 Å². The van der Waals surface area contributed by atoms with Crippen molar-refractivity contribution in [3.05, 3.63) is 0 Å². The summed E-state index contributed by atoms with van der Waals surface area (Å²) in [4.78, 5) is 0. The molecule has 0 aromatic rings. The first-order valence-electron chi connectivity index (χ1n) is 9.30. The number of rotatable bonds is 15. The van der Waals surface area contributed by atoms with Gasteiger partial charge in [-0.3, -0.25) is 4.39 Å². The molecule has 0 saturated carbocycles. The number of alkyl halides is 1. The Hall–Kier alpha value is -0.0700. The summed E-state index contributed by atoms with van der Waals surface area (Å²) < 4.78 is 12.0. The van der Waals surface area contributed by atoms with Crippen LogP contribution in [0.5, 0.6) is 0 Å². The third-order valence-electron chi connectivity index (χ3n) is 4.68. The standard InChI is InChI=1S/C19H39F/c1-4-14-19(15-5-2,16-6-3)17-12-10-8-7-9-11-13-18-20/h4-18H2,1-3H3. The molecular formula is C19H39F. The molecule has 0 aromatic carbocycles. The average molecular weight is 287 g/mol. The molecule has 0 aromatic heterocycles. The quantitative estimate of drug-likeness (QED) is 0.274. The van der Waals surface area contributed by atoms with Gasteiger partial charge in [0, 0.05) is 0 Å². The van der Waals surface area contributed by atoms with Crippen molar-refractivity contribution in [2.75, 3.05) is 6.67 Å². The van der Waals surface area contributed by atoms with Crippen molar-refractivity contribution in [3.63, 3.8) is 0 Å². The molecule has 0 aliphatic heterocycles. The van der Waals surface area contributed by atoms with Crippen LogP contribution in [-0.4, -0.2) is 6.67 Å². The molecule has 0 amide bonds. The van der Waals surface area contributed by atoms with Crippen LogP contribution in [0, 0.1) is 5.41 Å². The van der Waals surface area contributed by atoms with Gasteiger partial charge in [-0.2, -0.15) is 0 Å². The zero-order valence-corrected chi connectivity index (χ0v) is 14.5. The van der Waals surface area contributed by atoms with E-state index in [9.17, 15) is 4.39 Å². The lowest BCUT2D eigenvalue weighted by molar-refractivity contribution is 0.185. The Labute approximate surface area is 127 Å². The Balaban J connectivity index is 3.82. The zero-order valence-electron chi connectivity index (χ0n) is 14.5. The Bertz CT molecular complexity index is 171. The van der Waals surface area contributed by atoms with E-state index in [1.807, 2.05) is 0 Å². The van der Waals surface area contributed by atoms with Crippen LogP contribution in [0.3, 0.4) is 0 Å². The minimum atomic E-state index is -0.131. The van der Waals surface area contributed by atoms with Gasteiger partial charge in [-0.25, -0.2) is 0 Å². The minimum Gasteiger partial charge on any atom is -0.251 e. The molecule has 0 aliphatic rings. The van der Waals surface area contributed by atoms with E-state index in [0.717, 1.165) is 12.8 Å². The first-order valence-corrected chi connectivity index (χ1v) is 9.30. The van der Waals surface area contributed by atoms with Crippen molar-refractivity contribution in [3.8, 4) is 0 Å². The second-order valence-corrected chi connectivity index (χ2v) is 6.66. The lowest BCUT2D eigenvalue weighted by atomic mass is 9.72. The highest BCUT2D eigenvalue weighted by atomic mass is 19.1. The van der Waals surface area contributed by atoms with Crippen molar-refractivity contribution in [1.29, 1.82) is 0 Å². The molecule has 20 heavy (non-hydrogen) atoms. The predicted octanol–water partition coefficient (Wildman–Crippen LogP) is 7.46. The van der Waals surface area contributed by atoms with E-state index in [1.165, 1.54) is 77.0 Å². The third-order valence-corrected chi connectivity index (χ3v) is 4.68. The van der Waals surface area contributed by atoms with Crippen LogP contribution in [0.4, 0.5) is 4.39 Å². The molecule has 0 bridgehead atoms. The van der Waals surface area contributed by atoms with E-state index in [2.05, 4.69) is 20.8 Å². The van der Waals surface area contributed by atoms with Gasteiger partial charge in [-0.15, -0.1) is 0 Å².